The van der Waals surface area contributed by atoms with E-state index in [1.165, 1.54) is 0 Å². The van der Waals surface area contributed by atoms with E-state index >= 15 is 0 Å². The van der Waals surface area contributed by atoms with Crippen molar-refractivity contribution in [1.29, 1.82) is 0 Å². The third kappa shape index (κ3) is 2.89. The molecule has 2 atom stereocenters. The Morgan fingerprint density at radius 1 is 1.33 bits per heavy atom. The lowest BCUT2D eigenvalue weighted by Crippen LogP contribution is -2.22. The molecular formula is C12H14BrNO4. The van der Waals surface area contributed by atoms with Crippen molar-refractivity contribution in [2.45, 2.75) is 18.8 Å². The van der Waals surface area contributed by atoms with Crippen LogP contribution in [-0.2, 0) is 6.54 Å². The van der Waals surface area contributed by atoms with E-state index in [1.807, 2.05) is 4.90 Å². The first kappa shape index (κ1) is 13.5. The molecule has 0 aliphatic carbocycles. The molecule has 98 valence electrons. The van der Waals surface area contributed by atoms with Crippen LogP contribution in [0.2, 0.25) is 0 Å². The van der Waals surface area contributed by atoms with E-state index in [1.54, 1.807) is 18.2 Å². The number of carboxylic acids is 1. The number of benzene rings is 1. The number of carbonyl (C=O) groups is 1. The van der Waals surface area contributed by atoms with Gasteiger partial charge >= 0.3 is 5.97 Å². The van der Waals surface area contributed by atoms with Gasteiger partial charge in [-0.3, -0.25) is 4.90 Å². The number of aliphatic hydroxyl groups is 2. The van der Waals surface area contributed by atoms with E-state index in [0.717, 1.165) is 10.0 Å². The van der Waals surface area contributed by atoms with E-state index in [2.05, 4.69) is 15.9 Å². The molecule has 1 aliphatic rings. The molecular weight excluding hydrogens is 302 g/mol. The fourth-order valence-corrected chi connectivity index (χ4v) is 2.53. The lowest BCUT2D eigenvalue weighted by atomic mass is 10.1. The van der Waals surface area contributed by atoms with Gasteiger partial charge in [0.25, 0.3) is 0 Å². The number of nitrogens with zero attached hydrogens (tertiary/aromatic N) is 1. The van der Waals surface area contributed by atoms with Gasteiger partial charge in [0.05, 0.1) is 17.8 Å². The lowest BCUT2D eigenvalue weighted by molar-refractivity contribution is 0.0572. The number of hydrogen-bond acceptors (Lipinski definition) is 4. The summed E-state index contributed by atoms with van der Waals surface area (Å²) in [7, 11) is 0. The molecule has 6 heteroatoms. The van der Waals surface area contributed by atoms with Gasteiger partial charge in [0.15, 0.2) is 0 Å². The van der Waals surface area contributed by atoms with Crippen LogP contribution in [0.1, 0.15) is 15.9 Å². The number of aliphatic hydroxyl groups excluding tert-OH is 2. The quantitative estimate of drug-likeness (QED) is 0.764. The van der Waals surface area contributed by atoms with Crippen molar-refractivity contribution >= 4 is 21.9 Å². The Morgan fingerprint density at radius 3 is 2.44 bits per heavy atom. The van der Waals surface area contributed by atoms with Crippen molar-refractivity contribution in [3.05, 3.63) is 33.8 Å². The van der Waals surface area contributed by atoms with Crippen LogP contribution in [0.4, 0.5) is 0 Å². The Morgan fingerprint density at radius 2 is 1.94 bits per heavy atom. The second-order valence-corrected chi connectivity index (χ2v) is 5.29. The maximum Gasteiger partial charge on any atom is 0.335 e. The maximum absolute atomic E-state index is 10.8. The largest absolute Gasteiger partial charge is 0.478 e. The average Bonchev–Trinajstić information content (AvgIpc) is 2.61. The Labute approximate surface area is 113 Å². The summed E-state index contributed by atoms with van der Waals surface area (Å²) in [6.07, 6.45) is -1.41. The van der Waals surface area contributed by atoms with E-state index in [0.29, 0.717) is 19.6 Å². The maximum atomic E-state index is 10.8. The number of carboxylic acid groups (broad SMARTS) is 1. The van der Waals surface area contributed by atoms with E-state index in [9.17, 15) is 15.0 Å². The van der Waals surface area contributed by atoms with E-state index < -0.39 is 18.2 Å². The van der Waals surface area contributed by atoms with Crippen molar-refractivity contribution in [2.24, 2.45) is 0 Å². The van der Waals surface area contributed by atoms with Gasteiger partial charge in [-0.15, -0.1) is 0 Å². The van der Waals surface area contributed by atoms with Crippen molar-refractivity contribution in [3.63, 3.8) is 0 Å². The first-order chi connectivity index (χ1) is 8.47. The molecule has 1 saturated heterocycles. The molecule has 0 saturated carbocycles. The highest BCUT2D eigenvalue weighted by Crippen LogP contribution is 2.22. The van der Waals surface area contributed by atoms with Crippen LogP contribution in [0.15, 0.2) is 22.7 Å². The zero-order valence-electron chi connectivity index (χ0n) is 9.58. The summed E-state index contributed by atoms with van der Waals surface area (Å²) in [6.45, 7) is 1.41. The van der Waals surface area contributed by atoms with Crippen molar-refractivity contribution < 1.29 is 20.1 Å². The average molecular weight is 316 g/mol. The van der Waals surface area contributed by atoms with Gasteiger partial charge < -0.3 is 15.3 Å². The molecule has 1 aromatic rings. The van der Waals surface area contributed by atoms with Gasteiger partial charge in [0, 0.05) is 24.1 Å². The highest BCUT2D eigenvalue weighted by atomic mass is 79.9. The van der Waals surface area contributed by atoms with Crippen molar-refractivity contribution in [2.75, 3.05) is 13.1 Å². The SMILES string of the molecule is O=C(O)c1ccc(CN2CC(O)C(O)C2)c(Br)c1. The number of aromatic carboxylic acids is 1. The van der Waals surface area contributed by atoms with Crippen LogP contribution in [-0.4, -0.2) is 51.5 Å². The standard InChI is InChI=1S/C12H14BrNO4/c13-9-3-7(12(17)18)1-2-8(9)4-14-5-10(15)11(16)6-14/h1-3,10-11,15-16H,4-6H2,(H,17,18). The van der Waals surface area contributed by atoms with Gasteiger partial charge in [-0.25, -0.2) is 4.79 Å². The Kier molecular flexibility index (Phi) is 4.01. The summed E-state index contributed by atoms with van der Waals surface area (Å²) >= 11 is 3.34. The van der Waals surface area contributed by atoms with Gasteiger partial charge in [-0.1, -0.05) is 22.0 Å². The van der Waals surface area contributed by atoms with Crippen molar-refractivity contribution in [3.8, 4) is 0 Å². The van der Waals surface area contributed by atoms with Gasteiger partial charge in [-0.2, -0.15) is 0 Å². The lowest BCUT2D eigenvalue weighted by Gasteiger charge is -2.16. The van der Waals surface area contributed by atoms with Gasteiger partial charge in [-0.05, 0) is 17.7 Å². The molecule has 2 rings (SSSR count). The molecule has 3 N–H and O–H groups in total. The number of hydrogen-bond donors (Lipinski definition) is 3. The minimum absolute atomic E-state index is 0.229. The predicted molar refractivity (Wildman–Crippen MR) is 68.4 cm³/mol. The molecule has 1 aromatic carbocycles. The third-order valence-electron chi connectivity index (χ3n) is 3.03. The summed E-state index contributed by atoms with van der Waals surface area (Å²) in [5.74, 6) is -0.964. The Balaban J connectivity index is 2.08. The summed E-state index contributed by atoms with van der Waals surface area (Å²) in [4.78, 5) is 12.7. The van der Waals surface area contributed by atoms with Crippen LogP contribution in [0.5, 0.6) is 0 Å². The first-order valence-corrected chi connectivity index (χ1v) is 6.37. The number of halogens is 1. The monoisotopic (exact) mass is 315 g/mol. The van der Waals surface area contributed by atoms with Crippen molar-refractivity contribution in [1.82, 2.24) is 4.90 Å². The number of β-amino-alcohol motifs (C(OH)–C–C–N with tert-alkyl or cyclic N) is 2. The van der Waals surface area contributed by atoms with Gasteiger partial charge in [0.1, 0.15) is 0 Å². The molecule has 1 aliphatic heterocycles. The second-order valence-electron chi connectivity index (χ2n) is 4.44. The minimum Gasteiger partial charge on any atom is -0.478 e. The molecule has 1 heterocycles. The summed E-state index contributed by atoms with van der Waals surface area (Å²) in [5.41, 5.74) is 1.16. The summed E-state index contributed by atoms with van der Waals surface area (Å²) in [6, 6.07) is 4.84. The molecule has 0 bridgehead atoms. The van der Waals surface area contributed by atoms with Crippen LogP contribution in [0.3, 0.4) is 0 Å². The van der Waals surface area contributed by atoms with Crippen LogP contribution < -0.4 is 0 Å². The topological polar surface area (TPSA) is 81.0 Å². The molecule has 0 spiro atoms. The Bertz CT molecular complexity index is 455. The van der Waals surface area contributed by atoms with E-state index in [-0.39, 0.29) is 5.56 Å². The zero-order chi connectivity index (χ0) is 13.3. The minimum atomic E-state index is -0.964. The van der Waals surface area contributed by atoms with Crippen LogP contribution >= 0.6 is 15.9 Å². The molecule has 0 amide bonds. The Hall–Kier alpha value is -0.950. The van der Waals surface area contributed by atoms with E-state index in [4.69, 9.17) is 5.11 Å². The molecule has 1 fully saturated rings. The summed E-state index contributed by atoms with van der Waals surface area (Å²) in [5, 5.41) is 27.8. The predicted octanol–water partition coefficient (Wildman–Crippen LogP) is 0.685. The first-order valence-electron chi connectivity index (χ1n) is 5.57. The molecule has 0 aromatic heterocycles. The normalized spacial score (nSPS) is 24.4. The second kappa shape index (κ2) is 5.36. The smallest absolute Gasteiger partial charge is 0.335 e. The van der Waals surface area contributed by atoms with Gasteiger partial charge in [0.2, 0.25) is 0 Å². The fourth-order valence-electron chi connectivity index (χ4n) is 2.03. The third-order valence-corrected chi connectivity index (χ3v) is 3.77. The van der Waals surface area contributed by atoms with Crippen LogP contribution in [0.25, 0.3) is 0 Å². The molecule has 18 heavy (non-hydrogen) atoms. The summed E-state index contributed by atoms with van der Waals surface area (Å²) < 4.78 is 0.721. The number of likely N-dealkylation sites (tertiary alicyclic amines) is 1. The van der Waals surface area contributed by atoms with Crippen LogP contribution in [0, 0.1) is 0 Å². The highest BCUT2D eigenvalue weighted by molar-refractivity contribution is 9.10. The highest BCUT2D eigenvalue weighted by Gasteiger charge is 2.29. The fraction of sp³-hybridized carbons (Fsp3) is 0.417. The number of rotatable bonds is 3. The molecule has 5 nitrogen and oxygen atoms in total. The zero-order valence-corrected chi connectivity index (χ0v) is 11.2. The molecule has 2 unspecified atom stereocenters. The molecule has 0 radical (unpaired) electrons.